The number of aromatic nitrogens is 1. The van der Waals surface area contributed by atoms with Crippen LogP contribution in [0.15, 0.2) is 24.3 Å². The topological polar surface area (TPSA) is 36.4 Å². The number of anilines is 1. The van der Waals surface area contributed by atoms with Gasteiger partial charge in [-0.3, -0.25) is 4.79 Å². The summed E-state index contributed by atoms with van der Waals surface area (Å²) >= 11 is 1.75. The van der Waals surface area contributed by atoms with Crippen LogP contribution in [0.3, 0.4) is 0 Å². The molecule has 1 aromatic heterocycles. The van der Waals surface area contributed by atoms with E-state index in [1.165, 1.54) is 4.70 Å². The summed E-state index contributed by atoms with van der Waals surface area (Å²) in [6.45, 7) is 4.47. The van der Waals surface area contributed by atoms with Crippen molar-refractivity contribution in [3.05, 3.63) is 24.3 Å². The molecule has 5 heteroatoms. The number of thiazole rings is 1. The first kappa shape index (κ1) is 14.3. The average molecular weight is 303 g/mol. The van der Waals surface area contributed by atoms with E-state index in [9.17, 15) is 4.79 Å². The van der Waals surface area contributed by atoms with Gasteiger partial charge < -0.3 is 9.80 Å². The van der Waals surface area contributed by atoms with Crippen LogP contribution in [0.25, 0.3) is 10.2 Å². The number of carbonyl (C=O) groups is 1. The Labute approximate surface area is 129 Å². The minimum absolute atomic E-state index is 0.202. The molecule has 112 valence electrons. The van der Waals surface area contributed by atoms with Gasteiger partial charge in [0.1, 0.15) is 0 Å². The molecule has 0 atom stereocenters. The van der Waals surface area contributed by atoms with Gasteiger partial charge in [-0.1, -0.05) is 23.5 Å². The van der Waals surface area contributed by atoms with Gasteiger partial charge in [0.15, 0.2) is 5.13 Å². The summed E-state index contributed by atoms with van der Waals surface area (Å²) in [5, 5.41) is 1.09. The lowest BCUT2D eigenvalue weighted by Crippen LogP contribution is -2.40. The van der Waals surface area contributed by atoms with Crippen LogP contribution in [0.4, 0.5) is 5.13 Å². The molecule has 0 aliphatic carbocycles. The van der Waals surface area contributed by atoms with Gasteiger partial charge in [0.2, 0.25) is 5.91 Å². The normalized spacial score (nSPS) is 16.4. The Bertz CT molecular complexity index is 598. The third kappa shape index (κ3) is 3.18. The van der Waals surface area contributed by atoms with Gasteiger partial charge >= 0.3 is 0 Å². The Kier molecular flexibility index (Phi) is 4.10. The summed E-state index contributed by atoms with van der Waals surface area (Å²) in [6, 6.07) is 8.27. The lowest BCUT2D eigenvalue weighted by Gasteiger charge is -2.33. The standard InChI is InChI=1S/C16H21N3OS/c1-12(20)19-9-7-13(8-10-19)11-18(2)16-17-14-5-3-4-6-15(14)21-16/h3-6,13H,7-11H2,1-2H3. The van der Waals surface area contributed by atoms with Crippen LogP contribution >= 0.6 is 11.3 Å². The molecule has 0 N–H and O–H groups in total. The van der Waals surface area contributed by atoms with E-state index in [1.54, 1.807) is 18.3 Å². The predicted molar refractivity (Wildman–Crippen MR) is 87.9 cm³/mol. The Morgan fingerprint density at radius 1 is 1.38 bits per heavy atom. The lowest BCUT2D eigenvalue weighted by molar-refractivity contribution is -0.130. The molecule has 2 heterocycles. The van der Waals surface area contributed by atoms with Crippen LogP contribution in [0.1, 0.15) is 19.8 Å². The number of benzene rings is 1. The second kappa shape index (κ2) is 6.02. The zero-order valence-corrected chi connectivity index (χ0v) is 13.4. The minimum Gasteiger partial charge on any atom is -0.351 e. The predicted octanol–water partition coefficient (Wildman–Crippen LogP) is 2.99. The number of hydrogen-bond acceptors (Lipinski definition) is 4. The molecule has 1 aliphatic heterocycles. The molecule has 0 spiro atoms. The summed E-state index contributed by atoms with van der Waals surface area (Å²) in [7, 11) is 2.12. The second-order valence-electron chi connectivity index (χ2n) is 5.79. The number of para-hydroxylation sites is 1. The molecule has 1 amide bonds. The minimum atomic E-state index is 0.202. The van der Waals surface area contributed by atoms with Crippen molar-refractivity contribution in [2.45, 2.75) is 19.8 Å². The third-order valence-corrected chi connectivity index (χ3v) is 5.35. The fourth-order valence-electron chi connectivity index (χ4n) is 2.92. The van der Waals surface area contributed by atoms with Crippen molar-refractivity contribution in [1.82, 2.24) is 9.88 Å². The number of amides is 1. The highest BCUT2D eigenvalue weighted by Crippen LogP contribution is 2.29. The number of fused-ring (bicyclic) bond motifs is 1. The van der Waals surface area contributed by atoms with Gasteiger partial charge in [-0.05, 0) is 30.9 Å². The lowest BCUT2D eigenvalue weighted by atomic mass is 9.96. The second-order valence-corrected chi connectivity index (χ2v) is 6.80. The molecule has 0 unspecified atom stereocenters. The van der Waals surface area contributed by atoms with Gasteiger partial charge in [-0.25, -0.2) is 4.98 Å². The molecule has 0 saturated carbocycles. The van der Waals surface area contributed by atoms with Crippen LogP contribution in [-0.4, -0.2) is 42.5 Å². The molecular formula is C16H21N3OS. The van der Waals surface area contributed by atoms with Gasteiger partial charge in [-0.15, -0.1) is 0 Å². The molecule has 4 nitrogen and oxygen atoms in total. The van der Waals surface area contributed by atoms with Crippen molar-refractivity contribution in [1.29, 1.82) is 0 Å². The Morgan fingerprint density at radius 3 is 2.76 bits per heavy atom. The molecule has 1 aromatic carbocycles. The number of likely N-dealkylation sites (tertiary alicyclic amines) is 1. The van der Waals surface area contributed by atoms with Crippen LogP contribution in [0.2, 0.25) is 0 Å². The quantitative estimate of drug-likeness (QED) is 0.874. The Morgan fingerprint density at radius 2 is 2.10 bits per heavy atom. The smallest absolute Gasteiger partial charge is 0.219 e. The Balaban J connectivity index is 1.61. The molecule has 21 heavy (non-hydrogen) atoms. The molecule has 1 saturated heterocycles. The van der Waals surface area contributed by atoms with Crippen molar-refractivity contribution in [3.63, 3.8) is 0 Å². The first-order chi connectivity index (χ1) is 10.1. The number of hydrogen-bond donors (Lipinski definition) is 0. The zero-order chi connectivity index (χ0) is 14.8. The third-order valence-electron chi connectivity index (χ3n) is 4.20. The maximum atomic E-state index is 11.4. The van der Waals surface area contributed by atoms with E-state index in [0.29, 0.717) is 5.92 Å². The highest BCUT2D eigenvalue weighted by Gasteiger charge is 2.22. The SMILES string of the molecule is CC(=O)N1CCC(CN(C)c2nc3ccccc3s2)CC1. The monoisotopic (exact) mass is 303 g/mol. The van der Waals surface area contributed by atoms with Crippen molar-refractivity contribution in [3.8, 4) is 0 Å². The van der Waals surface area contributed by atoms with E-state index in [2.05, 4.69) is 30.1 Å². The number of nitrogens with zero attached hydrogens (tertiary/aromatic N) is 3. The highest BCUT2D eigenvalue weighted by atomic mass is 32.1. The summed E-state index contributed by atoms with van der Waals surface area (Å²) in [5.74, 6) is 0.852. The summed E-state index contributed by atoms with van der Waals surface area (Å²) in [4.78, 5) is 20.3. The van der Waals surface area contributed by atoms with Crippen LogP contribution in [-0.2, 0) is 4.79 Å². The van der Waals surface area contributed by atoms with Crippen molar-refractivity contribution >= 4 is 32.6 Å². The highest BCUT2D eigenvalue weighted by molar-refractivity contribution is 7.22. The number of piperidine rings is 1. The van der Waals surface area contributed by atoms with Crippen molar-refractivity contribution in [2.75, 3.05) is 31.6 Å². The van der Waals surface area contributed by atoms with Crippen LogP contribution in [0, 0.1) is 5.92 Å². The average Bonchev–Trinajstić information content (AvgIpc) is 2.92. The zero-order valence-electron chi connectivity index (χ0n) is 12.6. The van der Waals surface area contributed by atoms with E-state index in [-0.39, 0.29) is 5.91 Å². The Hall–Kier alpha value is -1.62. The van der Waals surface area contributed by atoms with Crippen LogP contribution in [0.5, 0.6) is 0 Å². The van der Waals surface area contributed by atoms with Crippen molar-refractivity contribution < 1.29 is 4.79 Å². The fraction of sp³-hybridized carbons (Fsp3) is 0.500. The first-order valence-corrected chi connectivity index (χ1v) is 8.27. The van der Waals surface area contributed by atoms with Gasteiger partial charge in [0.25, 0.3) is 0 Å². The molecule has 0 radical (unpaired) electrons. The number of rotatable bonds is 3. The molecule has 3 rings (SSSR count). The summed E-state index contributed by atoms with van der Waals surface area (Å²) in [6.07, 6.45) is 2.18. The van der Waals surface area contributed by atoms with Gasteiger partial charge in [0, 0.05) is 33.6 Å². The first-order valence-electron chi connectivity index (χ1n) is 7.45. The van der Waals surface area contributed by atoms with Crippen LogP contribution < -0.4 is 4.90 Å². The van der Waals surface area contributed by atoms with Gasteiger partial charge in [0.05, 0.1) is 10.2 Å². The van der Waals surface area contributed by atoms with E-state index in [4.69, 9.17) is 4.98 Å². The maximum absolute atomic E-state index is 11.4. The van der Waals surface area contributed by atoms with Gasteiger partial charge in [-0.2, -0.15) is 0 Å². The van der Waals surface area contributed by atoms with E-state index < -0.39 is 0 Å². The molecule has 0 bridgehead atoms. The summed E-state index contributed by atoms with van der Waals surface area (Å²) in [5.41, 5.74) is 1.08. The largest absolute Gasteiger partial charge is 0.351 e. The van der Waals surface area contributed by atoms with E-state index in [0.717, 1.165) is 43.1 Å². The van der Waals surface area contributed by atoms with E-state index >= 15 is 0 Å². The molecule has 1 aliphatic rings. The molecular weight excluding hydrogens is 282 g/mol. The van der Waals surface area contributed by atoms with Crippen molar-refractivity contribution in [2.24, 2.45) is 5.92 Å². The maximum Gasteiger partial charge on any atom is 0.219 e. The van der Waals surface area contributed by atoms with E-state index in [1.807, 2.05) is 11.0 Å². The molecule has 1 fully saturated rings. The fourth-order valence-corrected chi connectivity index (χ4v) is 3.86. The molecule has 2 aromatic rings. The number of carbonyl (C=O) groups excluding carboxylic acids is 1. The summed E-state index contributed by atoms with van der Waals surface area (Å²) < 4.78 is 1.24.